The first-order valence-corrected chi connectivity index (χ1v) is 5.21. The topological polar surface area (TPSA) is 26.0 Å². The molecule has 0 aliphatic heterocycles. The van der Waals surface area contributed by atoms with E-state index in [2.05, 4.69) is 30.0 Å². The van der Waals surface area contributed by atoms with E-state index in [-0.39, 0.29) is 0 Å². The molecule has 72 valence electrons. The van der Waals surface area contributed by atoms with Crippen LogP contribution in [0.1, 0.15) is 29.5 Å². The molecular formula is C13H15N. The molecule has 0 atom stereocenters. The Bertz CT molecular complexity index is 382. The number of aryl methyl sites for hydroxylation is 2. The van der Waals surface area contributed by atoms with Crippen LogP contribution in [-0.4, -0.2) is 6.54 Å². The van der Waals surface area contributed by atoms with Crippen LogP contribution >= 0.6 is 0 Å². The summed E-state index contributed by atoms with van der Waals surface area (Å²) in [6, 6.07) is 6.56. The molecule has 0 saturated carbocycles. The lowest BCUT2D eigenvalue weighted by Gasteiger charge is -1.98. The van der Waals surface area contributed by atoms with Gasteiger partial charge < -0.3 is 5.73 Å². The Kier molecular flexibility index (Phi) is 2.86. The van der Waals surface area contributed by atoms with E-state index in [0.29, 0.717) is 6.54 Å². The summed E-state index contributed by atoms with van der Waals surface area (Å²) in [5.41, 5.74) is 9.52. The van der Waals surface area contributed by atoms with Gasteiger partial charge in [0.15, 0.2) is 0 Å². The molecule has 0 unspecified atom stereocenters. The normalized spacial score (nSPS) is 13.2. The maximum atomic E-state index is 5.38. The monoisotopic (exact) mass is 185 g/mol. The quantitative estimate of drug-likeness (QED) is 0.664. The lowest BCUT2D eigenvalue weighted by Crippen LogP contribution is -1.95. The summed E-state index contributed by atoms with van der Waals surface area (Å²) in [5.74, 6) is 6.21. The molecule has 0 radical (unpaired) electrons. The highest BCUT2D eigenvalue weighted by molar-refractivity contribution is 5.42. The van der Waals surface area contributed by atoms with Crippen molar-refractivity contribution in [2.75, 3.05) is 6.54 Å². The predicted molar refractivity (Wildman–Crippen MR) is 59.0 cm³/mol. The highest BCUT2D eigenvalue weighted by Gasteiger charge is 2.09. The highest BCUT2D eigenvalue weighted by atomic mass is 14.5. The van der Waals surface area contributed by atoms with Gasteiger partial charge in [0.2, 0.25) is 0 Å². The third kappa shape index (κ3) is 1.97. The number of benzene rings is 1. The zero-order valence-electron chi connectivity index (χ0n) is 8.34. The summed E-state index contributed by atoms with van der Waals surface area (Å²) in [5, 5.41) is 0. The molecule has 2 N–H and O–H groups in total. The molecule has 14 heavy (non-hydrogen) atoms. The second-order valence-electron chi connectivity index (χ2n) is 3.68. The highest BCUT2D eigenvalue weighted by Crippen LogP contribution is 2.22. The molecule has 2 rings (SSSR count). The van der Waals surface area contributed by atoms with Crippen molar-refractivity contribution in [3.05, 3.63) is 34.9 Å². The molecule has 1 aromatic rings. The lowest BCUT2D eigenvalue weighted by molar-refractivity contribution is 0.912. The number of nitrogens with two attached hydrogens (primary N) is 1. The van der Waals surface area contributed by atoms with Crippen molar-refractivity contribution in [2.24, 2.45) is 5.73 Å². The van der Waals surface area contributed by atoms with E-state index in [0.717, 1.165) is 12.0 Å². The number of fused-ring (bicyclic) bond motifs is 1. The zero-order chi connectivity index (χ0) is 9.80. The van der Waals surface area contributed by atoms with Gasteiger partial charge in [0.1, 0.15) is 0 Å². The van der Waals surface area contributed by atoms with Crippen molar-refractivity contribution in [3.8, 4) is 11.8 Å². The van der Waals surface area contributed by atoms with E-state index in [1.54, 1.807) is 0 Å². The van der Waals surface area contributed by atoms with Crippen LogP contribution in [0.2, 0.25) is 0 Å². The lowest BCUT2D eigenvalue weighted by atomic mass is 10.1. The third-order valence-corrected chi connectivity index (χ3v) is 2.60. The van der Waals surface area contributed by atoms with Crippen LogP contribution in [0, 0.1) is 11.8 Å². The van der Waals surface area contributed by atoms with E-state index in [4.69, 9.17) is 5.73 Å². The average Bonchev–Trinajstić information content (AvgIpc) is 2.65. The van der Waals surface area contributed by atoms with Gasteiger partial charge in [-0.05, 0) is 42.5 Å². The smallest absolute Gasteiger partial charge is 0.0248 e. The van der Waals surface area contributed by atoms with Gasteiger partial charge in [0.05, 0.1) is 0 Å². The van der Waals surface area contributed by atoms with Crippen LogP contribution in [0.15, 0.2) is 18.2 Å². The molecular weight excluding hydrogens is 170 g/mol. The molecule has 0 heterocycles. The minimum absolute atomic E-state index is 0.651. The van der Waals surface area contributed by atoms with Gasteiger partial charge in [-0.3, -0.25) is 0 Å². The van der Waals surface area contributed by atoms with Crippen LogP contribution < -0.4 is 5.73 Å². The molecule has 1 nitrogen and oxygen atoms in total. The molecule has 1 aliphatic rings. The Morgan fingerprint density at radius 3 is 2.93 bits per heavy atom. The van der Waals surface area contributed by atoms with Crippen LogP contribution in [0.25, 0.3) is 0 Å². The van der Waals surface area contributed by atoms with Gasteiger partial charge in [-0.25, -0.2) is 0 Å². The Labute approximate surface area is 85.3 Å². The summed E-state index contributed by atoms with van der Waals surface area (Å²) in [7, 11) is 0. The second-order valence-corrected chi connectivity index (χ2v) is 3.68. The first-order chi connectivity index (χ1) is 6.90. The molecule has 0 amide bonds. The van der Waals surface area contributed by atoms with Crippen LogP contribution in [0.4, 0.5) is 0 Å². The molecule has 0 aromatic heterocycles. The summed E-state index contributed by atoms with van der Waals surface area (Å²) < 4.78 is 0. The van der Waals surface area contributed by atoms with Crippen molar-refractivity contribution in [3.63, 3.8) is 0 Å². The first kappa shape index (κ1) is 9.30. The fourth-order valence-electron chi connectivity index (χ4n) is 1.89. The maximum Gasteiger partial charge on any atom is 0.0248 e. The fraction of sp³-hybridized carbons (Fsp3) is 0.385. The minimum Gasteiger partial charge on any atom is -0.330 e. The van der Waals surface area contributed by atoms with Crippen molar-refractivity contribution < 1.29 is 0 Å². The molecule has 1 heteroatoms. The van der Waals surface area contributed by atoms with Crippen molar-refractivity contribution in [1.29, 1.82) is 0 Å². The Hall–Kier alpha value is -1.26. The Balaban J connectivity index is 2.18. The van der Waals surface area contributed by atoms with Gasteiger partial charge in [-0.2, -0.15) is 0 Å². The molecule has 0 bridgehead atoms. The SMILES string of the molecule is NCCC#Cc1ccc2c(c1)CCC2. The van der Waals surface area contributed by atoms with Crippen LogP contribution in [0.3, 0.4) is 0 Å². The van der Waals surface area contributed by atoms with Crippen molar-refractivity contribution >= 4 is 0 Å². The Morgan fingerprint density at radius 2 is 2.07 bits per heavy atom. The van der Waals surface area contributed by atoms with E-state index in [9.17, 15) is 0 Å². The molecule has 0 spiro atoms. The number of hydrogen-bond acceptors (Lipinski definition) is 1. The van der Waals surface area contributed by atoms with Gasteiger partial charge in [-0.1, -0.05) is 17.9 Å². The summed E-state index contributed by atoms with van der Waals surface area (Å²) in [6.45, 7) is 0.651. The largest absolute Gasteiger partial charge is 0.330 e. The standard InChI is InChI=1S/C13H15N/c14-9-2-1-4-11-7-8-12-5-3-6-13(12)10-11/h7-8,10H,2-3,5-6,9,14H2. The van der Waals surface area contributed by atoms with E-state index < -0.39 is 0 Å². The summed E-state index contributed by atoms with van der Waals surface area (Å²) >= 11 is 0. The van der Waals surface area contributed by atoms with Crippen molar-refractivity contribution in [2.45, 2.75) is 25.7 Å². The van der Waals surface area contributed by atoms with Crippen molar-refractivity contribution in [1.82, 2.24) is 0 Å². The summed E-state index contributed by atoms with van der Waals surface area (Å²) in [6.07, 6.45) is 4.56. The number of rotatable bonds is 1. The molecule has 1 aromatic carbocycles. The van der Waals surface area contributed by atoms with E-state index in [1.165, 1.54) is 30.4 Å². The zero-order valence-corrected chi connectivity index (χ0v) is 8.34. The fourth-order valence-corrected chi connectivity index (χ4v) is 1.89. The number of hydrogen-bond donors (Lipinski definition) is 1. The molecule has 0 fully saturated rings. The Morgan fingerprint density at radius 1 is 1.21 bits per heavy atom. The van der Waals surface area contributed by atoms with Gasteiger partial charge in [0.25, 0.3) is 0 Å². The van der Waals surface area contributed by atoms with Crippen LogP contribution in [0.5, 0.6) is 0 Å². The predicted octanol–water partition coefficient (Wildman–Crippen LogP) is 1.88. The van der Waals surface area contributed by atoms with Gasteiger partial charge in [0, 0.05) is 18.5 Å². The van der Waals surface area contributed by atoms with E-state index in [1.807, 2.05) is 0 Å². The summed E-state index contributed by atoms with van der Waals surface area (Å²) in [4.78, 5) is 0. The van der Waals surface area contributed by atoms with Gasteiger partial charge >= 0.3 is 0 Å². The van der Waals surface area contributed by atoms with Gasteiger partial charge in [-0.15, -0.1) is 0 Å². The molecule has 1 aliphatic carbocycles. The van der Waals surface area contributed by atoms with Crippen LogP contribution in [-0.2, 0) is 12.8 Å². The molecule has 0 saturated heterocycles. The minimum atomic E-state index is 0.651. The average molecular weight is 185 g/mol. The third-order valence-electron chi connectivity index (χ3n) is 2.60. The first-order valence-electron chi connectivity index (χ1n) is 5.21. The maximum absolute atomic E-state index is 5.38. The van der Waals surface area contributed by atoms with E-state index >= 15 is 0 Å². The second kappa shape index (κ2) is 4.30.